The zero-order valence-corrected chi connectivity index (χ0v) is 14.6. The molecule has 0 aliphatic carbocycles. The molecule has 0 saturated heterocycles. The third-order valence-corrected chi connectivity index (χ3v) is 4.69. The fraction of sp³-hybridized carbons (Fsp3) is 0.176. The molecular weight excluding hydrogens is 361 g/mol. The van der Waals surface area contributed by atoms with Crippen LogP contribution in [0, 0.1) is 0 Å². The highest BCUT2D eigenvalue weighted by Gasteiger charge is 2.26. The van der Waals surface area contributed by atoms with E-state index < -0.39 is 0 Å². The summed E-state index contributed by atoms with van der Waals surface area (Å²) in [5.41, 5.74) is 2.11. The number of amides is 1. The van der Waals surface area contributed by atoms with Gasteiger partial charge in [0.15, 0.2) is 0 Å². The van der Waals surface area contributed by atoms with Gasteiger partial charge in [-0.1, -0.05) is 23.2 Å². The highest BCUT2D eigenvalue weighted by Crippen LogP contribution is 2.26. The molecule has 0 unspecified atom stereocenters. The lowest BCUT2D eigenvalue weighted by atomic mass is 10.2. The van der Waals surface area contributed by atoms with Crippen molar-refractivity contribution in [2.75, 3.05) is 6.54 Å². The normalized spacial score (nSPS) is 13.6. The van der Waals surface area contributed by atoms with E-state index in [0.717, 1.165) is 17.2 Å². The summed E-state index contributed by atoms with van der Waals surface area (Å²) in [6.45, 7) is 1.62. The maximum atomic E-state index is 12.8. The molecule has 0 radical (unpaired) electrons. The Kier molecular flexibility index (Phi) is 4.15. The van der Waals surface area contributed by atoms with E-state index in [-0.39, 0.29) is 5.91 Å². The zero-order chi connectivity index (χ0) is 17.4. The van der Waals surface area contributed by atoms with E-state index >= 15 is 0 Å². The molecule has 3 aromatic rings. The van der Waals surface area contributed by atoms with Crippen molar-refractivity contribution in [3.05, 3.63) is 64.4 Å². The predicted molar refractivity (Wildman–Crippen MR) is 94.5 cm³/mol. The predicted octanol–water partition coefficient (Wildman–Crippen LogP) is 3.30. The summed E-state index contributed by atoms with van der Waals surface area (Å²) < 4.78 is 2.07. The maximum absolute atomic E-state index is 12.8. The van der Waals surface area contributed by atoms with Crippen LogP contribution in [-0.2, 0) is 13.1 Å². The van der Waals surface area contributed by atoms with Crippen molar-refractivity contribution in [3.8, 4) is 11.4 Å². The van der Waals surface area contributed by atoms with Crippen molar-refractivity contribution in [3.63, 3.8) is 0 Å². The number of nitrogens with zero attached hydrogens (tertiary/aromatic N) is 5. The first kappa shape index (κ1) is 16.1. The third-order valence-electron chi connectivity index (χ3n) is 4.14. The quantitative estimate of drug-likeness (QED) is 0.691. The minimum atomic E-state index is -0.128. The molecule has 0 bridgehead atoms. The summed E-state index contributed by atoms with van der Waals surface area (Å²) >= 11 is 12.1. The molecule has 1 aliphatic heterocycles. The first-order valence-electron chi connectivity index (χ1n) is 7.68. The average molecular weight is 374 g/mol. The number of hydrogen-bond acceptors (Lipinski definition) is 4. The number of imidazole rings is 1. The molecule has 2 aromatic heterocycles. The second-order valence-corrected chi connectivity index (χ2v) is 6.50. The van der Waals surface area contributed by atoms with Crippen LogP contribution >= 0.6 is 23.2 Å². The molecule has 4 rings (SSSR count). The number of rotatable bonds is 2. The number of halogens is 2. The molecule has 0 atom stereocenters. The summed E-state index contributed by atoms with van der Waals surface area (Å²) in [5, 5.41) is 0.857. The Hall–Kier alpha value is -2.44. The van der Waals surface area contributed by atoms with Crippen LogP contribution in [0.15, 0.2) is 43.0 Å². The number of benzene rings is 1. The summed E-state index contributed by atoms with van der Waals surface area (Å²) in [6, 6.07) is 4.89. The minimum Gasteiger partial charge on any atom is -0.329 e. The molecular formula is C17H13Cl2N5O. The lowest BCUT2D eigenvalue weighted by Crippen LogP contribution is -2.38. The Morgan fingerprint density at radius 1 is 1.08 bits per heavy atom. The van der Waals surface area contributed by atoms with Gasteiger partial charge in [0.2, 0.25) is 0 Å². The smallest absolute Gasteiger partial charge is 0.255 e. The monoisotopic (exact) mass is 373 g/mol. The van der Waals surface area contributed by atoms with Gasteiger partial charge in [-0.2, -0.15) is 0 Å². The molecule has 3 heterocycles. The van der Waals surface area contributed by atoms with Crippen LogP contribution in [0.2, 0.25) is 10.0 Å². The van der Waals surface area contributed by atoms with Gasteiger partial charge < -0.3 is 9.47 Å². The van der Waals surface area contributed by atoms with Gasteiger partial charge in [-0.3, -0.25) is 14.8 Å². The number of fused-ring (bicyclic) bond motifs is 1. The van der Waals surface area contributed by atoms with Crippen molar-refractivity contribution in [2.24, 2.45) is 0 Å². The molecule has 1 aliphatic rings. The van der Waals surface area contributed by atoms with Crippen molar-refractivity contribution in [1.29, 1.82) is 0 Å². The molecule has 8 heteroatoms. The Morgan fingerprint density at radius 3 is 2.72 bits per heavy atom. The van der Waals surface area contributed by atoms with Gasteiger partial charge in [0.1, 0.15) is 11.5 Å². The van der Waals surface area contributed by atoms with E-state index in [1.807, 2.05) is 0 Å². The van der Waals surface area contributed by atoms with Gasteiger partial charge in [0.05, 0.1) is 35.2 Å². The van der Waals surface area contributed by atoms with Crippen LogP contribution < -0.4 is 0 Å². The van der Waals surface area contributed by atoms with Crippen molar-refractivity contribution in [2.45, 2.75) is 13.1 Å². The van der Waals surface area contributed by atoms with Crippen molar-refractivity contribution >= 4 is 29.1 Å². The highest BCUT2D eigenvalue weighted by atomic mass is 35.5. The van der Waals surface area contributed by atoms with Crippen LogP contribution in [0.4, 0.5) is 0 Å². The van der Waals surface area contributed by atoms with Crippen molar-refractivity contribution < 1.29 is 4.79 Å². The lowest BCUT2D eigenvalue weighted by Gasteiger charge is -2.29. The Morgan fingerprint density at radius 2 is 1.96 bits per heavy atom. The average Bonchev–Trinajstić information content (AvgIpc) is 3.05. The summed E-state index contributed by atoms with van der Waals surface area (Å²) in [6.07, 6.45) is 6.75. The van der Waals surface area contributed by atoms with Gasteiger partial charge in [-0.25, -0.2) is 4.98 Å². The van der Waals surface area contributed by atoms with Crippen LogP contribution in [0.25, 0.3) is 11.4 Å². The number of carbonyl (C=O) groups excluding carboxylic acids is 1. The molecule has 6 nitrogen and oxygen atoms in total. The van der Waals surface area contributed by atoms with E-state index in [1.54, 1.807) is 47.9 Å². The Balaban J connectivity index is 1.60. The fourth-order valence-electron chi connectivity index (χ4n) is 2.90. The summed E-state index contributed by atoms with van der Waals surface area (Å²) in [4.78, 5) is 27.3. The van der Waals surface area contributed by atoms with E-state index in [2.05, 4.69) is 19.5 Å². The second-order valence-electron chi connectivity index (χ2n) is 5.65. The van der Waals surface area contributed by atoms with Gasteiger partial charge in [-0.15, -0.1) is 0 Å². The standard InChI is InChI=1S/C17H13Cl2N5O/c18-11-1-2-12(13(19)7-11)17(25)23-5-6-24-15(9-22-16(24)10-23)14-8-20-3-4-21-14/h1-4,7-9H,5-6,10H2. The first-order valence-corrected chi connectivity index (χ1v) is 8.44. The van der Waals surface area contributed by atoms with Crippen LogP contribution in [0.5, 0.6) is 0 Å². The molecule has 0 saturated carbocycles. The largest absolute Gasteiger partial charge is 0.329 e. The number of aromatic nitrogens is 4. The fourth-order valence-corrected chi connectivity index (χ4v) is 3.39. The Bertz CT molecular complexity index is 941. The minimum absolute atomic E-state index is 0.128. The summed E-state index contributed by atoms with van der Waals surface area (Å²) in [7, 11) is 0. The molecule has 25 heavy (non-hydrogen) atoms. The van der Waals surface area contributed by atoms with E-state index in [4.69, 9.17) is 23.2 Å². The van der Waals surface area contributed by atoms with Gasteiger partial charge >= 0.3 is 0 Å². The zero-order valence-electron chi connectivity index (χ0n) is 13.1. The third kappa shape index (κ3) is 2.99. The molecule has 126 valence electrons. The SMILES string of the molecule is O=C(c1ccc(Cl)cc1Cl)N1CCn2c(-c3cnccn3)cnc2C1. The second kappa shape index (κ2) is 6.46. The van der Waals surface area contributed by atoms with Gasteiger partial charge in [0.25, 0.3) is 5.91 Å². The maximum Gasteiger partial charge on any atom is 0.255 e. The van der Waals surface area contributed by atoms with Gasteiger partial charge in [-0.05, 0) is 18.2 Å². The number of hydrogen-bond donors (Lipinski definition) is 0. The van der Waals surface area contributed by atoms with E-state index in [1.165, 1.54) is 0 Å². The van der Waals surface area contributed by atoms with Gasteiger partial charge in [0, 0.05) is 30.5 Å². The summed E-state index contributed by atoms with van der Waals surface area (Å²) in [5.74, 6) is 0.683. The number of carbonyl (C=O) groups is 1. The molecule has 1 amide bonds. The Labute approximate surface area is 154 Å². The first-order chi connectivity index (χ1) is 12.1. The van der Waals surface area contributed by atoms with E-state index in [0.29, 0.717) is 35.2 Å². The molecule has 0 N–H and O–H groups in total. The molecule has 0 spiro atoms. The molecule has 1 aromatic carbocycles. The van der Waals surface area contributed by atoms with Crippen LogP contribution in [0.3, 0.4) is 0 Å². The molecule has 0 fully saturated rings. The highest BCUT2D eigenvalue weighted by molar-refractivity contribution is 6.36. The lowest BCUT2D eigenvalue weighted by molar-refractivity contribution is 0.0708. The van der Waals surface area contributed by atoms with E-state index in [9.17, 15) is 4.79 Å². The topological polar surface area (TPSA) is 63.9 Å². The van der Waals surface area contributed by atoms with Crippen molar-refractivity contribution in [1.82, 2.24) is 24.4 Å². The van der Waals surface area contributed by atoms with Crippen LogP contribution in [0.1, 0.15) is 16.2 Å². The van der Waals surface area contributed by atoms with Crippen LogP contribution in [-0.4, -0.2) is 36.9 Å².